The third kappa shape index (κ3) is 3.87. The molecular weight excluding hydrogens is 324 g/mol. The molecule has 0 bridgehead atoms. The van der Waals surface area contributed by atoms with Gasteiger partial charge in [0, 0.05) is 18.0 Å². The monoisotopic (exact) mass is 344 g/mol. The van der Waals surface area contributed by atoms with E-state index in [1.165, 1.54) is 0 Å². The number of carbonyl (C=O) groups is 4. The van der Waals surface area contributed by atoms with Crippen molar-refractivity contribution in [2.24, 2.45) is 11.8 Å². The molecule has 1 aliphatic heterocycles. The van der Waals surface area contributed by atoms with E-state index in [2.05, 4.69) is 10.6 Å². The van der Waals surface area contributed by atoms with Gasteiger partial charge < -0.3 is 10.4 Å². The highest BCUT2D eigenvalue weighted by molar-refractivity contribution is 6.03. The van der Waals surface area contributed by atoms with Gasteiger partial charge in [0.25, 0.3) is 5.91 Å². The number of imide groups is 1. The van der Waals surface area contributed by atoms with Crippen LogP contribution in [0.5, 0.6) is 0 Å². The van der Waals surface area contributed by atoms with E-state index in [9.17, 15) is 24.3 Å². The summed E-state index contributed by atoms with van der Waals surface area (Å²) in [7, 11) is 0. The van der Waals surface area contributed by atoms with Gasteiger partial charge in [0.1, 0.15) is 0 Å². The lowest BCUT2D eigenvalue weighted by molar-refractivity contribution is -0.142. The van der Waals surface area contributed by atoms with Crippen LogP contribution in [0.3, 0.4) is 0 Å². The standard InChI is InChI=1S/C18H20N2O5/c21-15-9-12(17(23)20-15)8-10-4-6-11(7-5-10)16(22)19-14-3-1-2-13(14)18(24)25/h4-7,12-14H,1-3,8-9H2,(H,19,22)(H,24,25)(H,20,21,23)/t12?,13-,14+/m1/s1. The van der Waals surface area contributed by atoms with Gasteiger partial charge in [0.2, 0.25) is 11.8 Å². The number of nitrogens with one attached hydrogen (secondary N) is 2. The van der Waals surface area contributed by atoms with E-state index in [4.69, 9.17) is 0 Å². The molecule has 0 aromatic heterocycles. The zero-order valence-corrected chi connectivity index (χ0v) is 13.7. The van der Waals surface area contributed by atoms with E-state index in [-0.39, 0.29) is 36.1 Å². The molecule has 3 N–H and O–H groups in total. The van der Waals surface area contributed by atoms with Crippen LogP contribution in [0.4, 0.5) is 0 Å². The van der Waals surface area contributed by atoms with Crippen LogP contribution in [0.15, 0.2) is 24.3 Å². The third-order valence-electron chi connectivity index (χ3n) is 4.91. The minimum absolute atomic E-state index is 0.194. The minimum atomic E-state index is -0.873. The summed E-state index contributed by atoms with van der Waals surface area (Å²) in [5, 5.41) is 14.3. The summed E-state index contributed by atoms with van der Waals surface area (Å²) in [6.07, 6.45) is 2.69. The first kappa shape index (κ1) is 17.1. The van der Waals surface area contributed by atoms with Crippen LogP contribution >= 0.6 is 0 Å². The lowest BCUT2D eigenvalue weighted by Gasteiger charge is -2.17. The van der Waals surface area contributed by atoms with Crippen LogP contribution in [0.2, 0.25) is 0 Å². The fourth-order valence-corrected chi connectivity index (χ4v) is 3.53. The van der Waals surface area contributed by atoms with Crippen molar-refractivity contribution >= 4 is 23.7 Å². The normalized spacial score (nSPS) is 25.7. The van der Waals surface area contributed by atoms with Crippen LogP contribution in [0, 0.1) is 11.8 Å². The van der Waals surface area contributed by atoms with Crippen LogP contribution in [0.1, 0.15) is 41.6 Å². The number of benzene rings is 1. The van der Waals surface area contributed by atoms with E-state index < -0.39 is 11.9 Å². The highest BCUT2D eigenvalue weighted by atomic mass is 16.4. The van der Waals surface area contributed by atoms with Gasteiger partial charge in [0.05, 0.1) is 11.8 Å². The van der Waals surface area contributed by atoms with Gasteiger partial charge in [-0.05, 0) is 37.0 Å². The molecule has 2 fully saturated rings. The van der Waals surface area contributed by atoms with E-state index in [1.54, 1.807) is 24.3 Å². The molecule has 0 radical (unpaired) electrons. The summed E-state index contributed by atoms with van der Waals surface area (Å²) in [6, 6.07) is 6.49. The molecule has 1 aromatic carbocycles. The molecule has 132 valence electrons. The number of rotatable bonds is 5. The van der Waals surface area contributed by atoms with Crippen molar-refractivity contribution in [3.05, 3.63) is 35.4 Å². The largest absolute Gasteiger partial charge is 0.481 e. The van der Waals surface area contributed by atoms with Gasteiger partial charge >= 0.3 is 5.97 Å². The number of hydrogen-bond acceptors (Lipinski definition) is 4. The van der Waals surface area contributed by atoms with Gasteiger partial charge in [-0.2, -0.15) is 0 Å². The Hall–Kier alpha value is -2.70. The highest BCUT2D eigenvalue weighted by Crippen LogP contribution is 2.26. The van der Waals surface area contributed by atoms with Crippen molar-refractivity contribution in [1.82, 2.24) is 10.6 Å². The molecule has 1 saturated heterocycles. The maximum Gasteiger partial charge on any atom is 0.308 e. The van der Waals surface area contributed by atoms with E-state index in [1.807, 2.05) is 0 Å². The maximum atomic E-state index is 12.3. The van der Waals surface area contributed by atoms with Crippen molar-refractivity contribution in [2.45, 2.75) is 38.1 Å². The number of amides is 3. The van der Waals surface area contributed by atoms with Crippen molar-refractivity contribution in [1.29, 1.82) is 0 Å². The quantitative estimate of drug-likeness (QED) is 0.686. The van der Waals surface area contributed by atoms with Gasteiger partial charge in [-0.25, -0.2) is 0 Å². The van der Waals surface area contributed by atoms with Gasteiger partial charge in [-0.15, -0.1) is 0 Å². The first-order chi connectivity index (χ1) is 11.9. The summed E-state index contributed by atoms with van der Waals surface area (Å²) in [4.78, 5) is 46.3. The van der Waals surface area contributed by atoms with E-state index in [0.29, 0.717) is 24.8 Å². The van der Waals surface area contributed by atoms with Crippen molar-refractivity contribution in [2.75, 3.05) is 0 Å². The smallest absolute Gasteiger partial charge is 0.308 e. The first-order valence-electron chi connectivity index (χ1n) is 8.40. The van der Waals surface area contributed by atoms with Gasteiger partial charge in [0.15, 0.2) is 0 Å². The second-order valence-electron chi connectivity index (χ2n) is 6.67. The van der Waals surface area contributed by atoms with Crippen LogP contribution in [-0.4, -0.2) is 34.8 Å². The fraction of sp³-hybridized carbons (Fsp3) is 0.444. The average Bonchev–Trinajstić information content (AvgIpc) is 3.14. The molecule has 2 aliphatic rings. The van der Waals surface area contributed by atoms with E-state index >= 15 is 0 Å². The molecule has 7 nitrogen and oxygen atoms in total. The average molecular weight is 344 g/mol. The number of hydrogen-bond donors (Lipinski definition) is 3. The molecule has 1 unspecified atom stereocenters. The number of carboxylic acid groups (broad SMARTS) is 1. The van der Waals surface area contributed by atoms with Gasteiger partial charge in [-0.3, -0.25) is 24.5 Å². The Morgan fingerprint density at radius 2 is 1.88 bits per heavy atom. The van der Waals surface area contributed by atoms with Crippen molar-refractivity contribution in [3.63, 3.8) is 0 Å². The van der Waals surface area contributed by atoms with Crippen molar-refractivity contribution < 1.29 is 24.3 Å². The molecule has 3 rings (SSSR count). The molecular formula is C18H20N2O5. The van der Waals surface area contributed by atoms with Crippen LogP contribution < -0.4 is 10.6 Å². The van der Waals surface area contributed by atoms with Crippen LogP contribution in [0.25, 0.3) is 0 Å². The molecule has 0 spiro atoms. The number of aliphatic carboxylic acids is 1. The molecule has 1 saturated carbocycles. The summed E-state index contributed by atoms with van der Waals surface area (Å²) in [5.74, 6) is -2.56. The maximum absolute atomic E-state index is 12.3. The Bertz CT molecular complexity index is 713. The molecule has 1 aromatic rings. The van der Waals surface area contributed by atoms with E-state index in [0.717, 1.165) is 12.0 Å². The van der Waals surface area contributed by atoms with Crippen LogP contribution in [-0.2, 0) is 20.8 Å². The van der Waals surface area contributed by atoms with Crippen molar-refractivity contribution in [3.8, 4) is 0 Å². The SMILES string of the molecule is O=C1CC(Cc2ccc(C(=O)N[C@H]3CCC[C@H]3C(=O)O)cc2)C(=O)N1. The zero-order chi connectivity index (χ0) is 18.0. The Morgan fingerprint density at radius 3 is 2.48 bits per heavy atom. The molecule has 1 aliphatic carbocycles. The molecule has 3 atom stereocenters. The summed E-state index contributed by atoms with van der Waals surface area (Å²) >= 11 is 0. The lowest BCUT2D eigenvalue weighted by Crippen LogP contribution is -2.40. The predicted octanol–water partition coefficient (Wildman–Crippen LogP) is 0.875. The highest BCUT2D eigenvalue weighted by Gasteiger charge is 2.34. The Morgan fingerprint density at radius 1 is 1.16 bits per heavy atom. The number of carboxylic acids is 1. The second-order valence-corrected chi connectivity index (χ2v) is 6.67. The minimum Gasteiger partial charge on any atom is -0.481 e. The Labute approximate surface area is 144 Å². The van der Waals surface area contributed by atoms with Gasteiger partial charge in [-0.1, -0.05) is 18.6 Å². The first-order valence-corrected chi connectivity index (χ1v) is 8.40. The topological polar surface area (TPSA) is 113 Å². The third-order valence-corrected chi connectivity index (χ3v) is 4.91. The Balaban J connectivity index is 1.60. The molecule has 7 heteroatoms. The predicted molar refractivity (Wildman–Crippen MR) is 87.6 cm³/mol. The molecule has 25 heavy (non-hydrogen) atoms. The lowest BCUT2D eigenvalue weighted by atomic mass is 9.97. The molecule has 1 heterocycles. The second kappa shape index (κ2) is 7.04. The Kier molecular flexibility index (Phi) is 4.83. The zero-order valence-electron chi connectivity index (χ0n) is 13.7. The molecule has 3 amide bonds. The summed E-state index contributed by atoms with van der Waals surface area (Å²) in [6.45, 7) is 0. The number of carbonyl (C=O) groups excluding carboxylic acids is 3. The summed E-state index contributed by atoms with van der Waals surface area (Å²) in [5.41, 5.74) is 1.32. The fourth-order valence-electron chi connectivity index (χ4n) is 3.53. The summed E-state index contributed by atoms with van der Waals surface area (Å²) < 4.78 is 0.